The van der Waals surface area contributed by atoms with Crippen LogP contribution >= 0.6 is 11.3 Å². The monoisotopic (exact) mass is 352 g/mol. The van der Waals surface area contributed by atoms with Crippen LogP contribution in [-0.4, -0.2) is 80.7 Å². The van der Waals surface area contributed by atoms with Crippen molar-refractivity contribution in [3.05, 3.63) is 22.4 Å². The SMILES string of the molecule is c1csc(CN2CCOCC3(CCC(CN4CCOCC4)O3)C2)c1. The van der Waals surface area contributed by atoms with Gasteiger partial charge in [-0.05, 0) is 24.3 Å². The molecule has 2 atom stereocenters. The van der Waals surface area contributed by atoms with Crippen molar-refractivity contribution in [2.75, 3.05) is 59.2 Å². The predicted molar refractivity (Wildman–Crippen MR) is 94.5 cm³/mol. The van der Waals surface area contributed by atoms with Gasteiger partial charge in [0.15, 0.2) is 0 Å². The average Bonchev–Trinajstić information content (AvgIpc) is 3.18. The molecule has 1 spiro atoms. The van der Waals surface area contributed by atoms with Crippen LogP contribution in [0.15, 0.2) is 17.5 Å². The van der Waals surface area contributed by atoms with Crippen molar-refractivity contribution in [2.24, 2.45) is 0 Å². The number of nitrogens with zero attached hydrogens (tertiary/aromatic N) is 2. The van der Waals surface area contributed by atoms with Gasteiger partial charge in [-0.15, -0.1) is 11.3 Å². The van der Waals surface area contributed by atoms with E-state index in [0.29, 0.717) is 6.10 Å². The molecule has 6 heteroatoms. The van der Waals surface area contributed by atoms with Crippen LogP contribution < -0.4 is 0 Å². The minimum absolute atomic E-state index is 0.106. The molecular formula is C18H28N2O3S. The molecule has 3 aliphatic rings. The van der Waals surface area contributed by atoms with Crippen LogP contribution in [0.5, 0.6) is 0 Å². The van der Waals surface area contributed by atoms with Crippen molar-refractivity contribution < 1.29 is 14.2 Å². The van der Waals surface area contributed by atoms with E-state index in [0.717, 1.165) is 78.5 Å². The third kappa shape index (κ3) is 4.18. The van der Waals surface area contributed by atoms with E-state index in [1.54, 1.807) is 0 Å². The summed E-state index contributed by atoms with van der Waals surface area (Å²) < 4.78 is 17.9. The Balaban J connectivity index is 1.34. The molecule has 0 N–H and O–H groups in total. The van der Waals surface area contributed by atoms with Gasteiger partial charge >= 0.3 is 0 Å². The molecule has 0 amide bonds. The average molecular weight is 353 g/mol. The Bertz CT molecular complexity index is 506. The maximum Gasteiger partial charge on any atom is 0.105 e. The molecule has 24 heavy (non-hydrogen) atoms. The normalized spacial score (nSPS) is 33.1. The van der Waals surface area contributed by atoms with E-state index in [2.05, 4.69) is 27.3 Å². The Kier molecular flexibility index (Phi) is 5.51. The van der Waals surface area contributed by atoms with Crippen molar-refractivity contribution in [2.45, 2.75) is 31.1 Å². The van der Waals surface area contributed by atoms with Crippen LogP contribution in [0.4, 0.5) is 0 Å². The van der Waals surface area contributed by atoms with E-state index in [9.17, 15) is 0 Å². The highest BCUT2D eigenvalue weighted by Gasteiger charge is 2.43. The van der Waals surface area contributed by atoms with Crippen LogP contribution in [-0.2, 0) is 20.8 Å². The standard InChI is InChI=1S/C18H28N2O3S/c1-2-17(24-11-1)13-20-7-10-22-15-18(14-20)4-3-16(23-18)12-19-5-8-21-9-6-19/h1-2,11,16H,3-10,12-15H2. The largest absolute Gasteiger partial charge is 0.379 e. The summed E-state index contributed by atoms with van der Waals surface area (Å²) in [5.41, 5.74) is -0.106. The summed E-state index contributed by atoms with van der Waals surface area (Å²) in [6.07, 6.45) is 2.60. The summed E-state index contributed by atoms with van der Waals surface area (Å²) >= 11 is 1.84. The summed E-state index contributed by atoms with van der Waals surface area (Å²) in [5, 5.41) is 2.16. The lowest BCUT2D eigenvalue weighted by Gasteiger charge is -2.33. The molecule has 3 saturated heterocycles. The van der Waals surface area contributed by atoms with Crippen molar-refractivity contribution in [1.29, 1.82) is 0 Å². The fourth-order valence-corrected chi connectivity index (χ4v) is 4.81. The lowest BCUT2D eigenvalue weighted by atomic mass is 10.00. The predicted octanol–water partition coefficient (Wildman–Crippen LogP) is 1.83. The zero-order valence-corrected chi connectivity index (χ0v) is 15.1. The second-order valence-electron chi connectivity index (χ2n) is 7.22. The number of hydrogen-bond acceptors (Lipinski definition) is 6. The first kappa shape index (κ1) is 16.9. The third-order valence-corrected chi connectivity index (χ3v) is 6.15. The lowest BCUT2D eigenvalue weighted by molar-refractivity contribution is -0.0966. The Morgan fingerprint density at radius 2 is 1.96 bits per heavy atom. The Morgan fingerprint density at radius 1 is 1.12 bits per heavy atom. The van der Waals surface area contributed by atoms with E-state index < -0.39 is 0 Å². The molecule has 1 aromatic rings. The molecule has 3 aliphatic heterocycles. The van der Waals surface area contributed by atoms with E-state index in [-0.39, 0.29) is 5.60 Å². The van der Waals surface area contributed by atoms with Crippen LogP contribution in [0.1, 0.15) is 17.7 Å². The lowest BCUT2D eigenvalue weighted by Crippen LogP contribution is -2.46. The topological polar surface area (TPSA) is 34.2 Å². The number of morpholine rings is 1. The van der Waals surface area contributed by atoms with Crippen molar-refractivity contribution >= 4 is 11.3 Å². The van der Waals surface area contributed by atoms with Crippen LogP contribution in [0.25, 0.3) is 0 Å². The van der Waals surface area contributed by atoms with Crippen molar-refractivity contribution in [3.63, 3.8) is 0 Å². The van der Waals surface area contributed by atoms with Crippen LogP contribution in [0.3, 0.4) is 0 Å². The van der Waals surface area contributed by atoms with Gasteiger partial charge in [0.1, 0.15) is 5.60 Å². The molecule has 5 nitrogen and oxygen atoms in total. The molecule has 3 fully saturated rings. The Labute approximate surface area is 148 Å². The van der Waals surface area contributed by atoms with Crippen molar-refractivity contribution in [3.8, 4) is 0 Å². The molecule has 0 aromatic carbocycles. The van der Waals surface area contributed by atoms with Gasteiger partial charge in [0.25, 0.3) is 0 Å². The quantitative estimate of drug-likeness (QED) is 0.826. The van der Waals surface area contributed by atoms with Gasteiger partial charge in [0.05, 0.1) is 32.5 Å². The fourth-order valence-electron chi connectivity index (χ4n) is 4.06. The van der Waals surface area contributed by atoms with E-state index >= 15 is 0 Å². The first-order valence-corrected chi connectivity index (χ1v) is 10.00. The minimum atomic E-state index is -0.106. The highest BCUT2D eigenvalue weighted by Crippen LogP contribution is 2.34. The van der Waals surface area contributed by atoms with Gasteiger partial charge in [0.2, 0.25) is 0 Å². The minimum Gasteiger partial charge on any atom is -0.379 e. The van der Waals surface area contributed by atoms with Crippen LogP contribution in [0, 0.1) is 0 Å². The summed E-state index contributed by atoms with van der Waals surface area (Å²) in [4.78, 5) is 6.42. The molecule has 0 saturated carbocycles. The first-order chi connectivity index (χ1) is 11.8. The second-order valence-corrected chi connectivity index (χ2v) is 8.25. The van der Waals surface area contributed by atoms with Gasteiger partial charge in [-0.2, -0.15) is 0 Å². The van der Waals surface area contributed by atoms with Gasteiger partial charge in [-0.25, -0.2) is 0 Å². The van der Waals surface area contributed by atoms with E-state index in [4.69, 9.17) is 14.2 Å². The summed E-state index contributed by atoms with van der Waals surface area (Å²) in [7, 11) is 0. The molecule has 0 aliphatic carbocycles. The molecule has 134 valence electrons. The van der Waals surface area contributed by atoms with Crippen LogP contribution in [0.2, 0.25) is 0 Å². The van der Waals surface area contributed by atoms with Gasteiger partial charge in [-0.3, -0.25) is 9.80 Å². The van der Waals surface area contributed by atoms with E-state index in [1.807, 2.05) is 11.3 Å². The zero-order chi connectivity index (χ0) is 16.2. The second kappa shape index (κ2) is 7.81. The summed E-state index contributed by atoms with van der Waals surface area (Å²) in [5.74, 6) is 0. The molecule has 2 unspecified atom stereocenters. The summed E-state index contributed by atoms with van der Waals surface area (Å²) in [6.45, 7) is 9.38. The Morgan fingerprint density at radius 3 is 2.79 bits per heavy atom. The highest BCUT2D eigenvalue weighted by atomic mass is 32.1. The summed E-state index contributed by atoms with van der Waals surface area (Å²) in [6, 6.07) is 4.36. The smallest absolute Gasteiger partial charge is 0.105 e. The molecule has 4 rings (SSSR count). The maximum absolute atomic E-state index is 6.58. The zero-order valence-electron chi connectivity index (χ0n) is 14.3. The number of ether oxygens (including phenoxy) is 3. The molecule has 0 bridgehead atoms. The first-order valence-electron chi connectivity index (χ1n) is 9.12. The molecule has 4 heterocycles. The Hall–Kier alpha value is -0.500. The fraction of sp³-hybridized carbons (Fsp3) is 0.778. The maximum atomic E-state index is 6.58. The third-order valence-electron chi connectivity index (χ3n) is 5.29. The number of thiophene rings is 1. The van der Waals surface area contributed by atoms with E-state index in [1.165, 1.54) is 4.88 Å². The van der Waals surface area contributed by atoms with Gasteiger partial charge in [-0.1, -0.05) is 6.07 Å². The van der Waals surface area contributed by atoms with Crippen molar-refractivity contribution in [1.82, 2.24) is 9.80 Å². The molecule has 1 aromatic heterocycles. The highest BCUT2D eigenvalue weighted by molar-refractivity contribution is 7.09. The number of hydrogen-bond donors (Lipinski definition) is 0. The molecular weight excluding hydrogens is 324 g/mol. The molecule has 0 radical (unpaired) electrons. The van der Waals surface area contributed by atoms with Gasteiger partial charge in [0, 0.05) is 44.1 Å². The number of rotatable bonds is 4. The van der Waals surface area contributed by atoms with Gasteiger partial charge < -0.3 is 14.2 Å².